The minimum absolute atomic E-state index is 0.0140. The number of rotatable bonds is 12. The fraction of sp³-hybridized carbons (Fsp3) is 0.750. The third kappa shape index (κ3) is 7.71. The van der Waals surface area contributed by atoms with Crippen LogP contribution in [0.1, 0.15) is 65.9 Å². The van der Waals surface area contributed by atoms with Crippen LogP contribution in [-0.4, -0.2) is 67.6 Å². The lowest BCUT2D eigenvalue weighted by Crippen LogP contribution is -2.62. The molecule has 8 nitrogen and oxygen atoms in total. The molecule has 2 N–H and O–H groups in total. The van der Waals surface area contributed by atoms with Gasteiger partial charge in [0, 0.05) is 0 Å². The van der Waals surface area contributed by atoms with E-state index in [9.17, 15) is 18.6 Å². The van der Waals surface area contributed by atoms with Gasteiger partial charge in [-0.3, -0.25) is 4.18 Å². The molecule has 33 heavy (non-hydrogen) atoms. The predicted octanol–water partition coefficient (Wildman–Crippen LogP) is 3.32. The first-order valence-corrected chi connectivity index (χ1v) is 13.2. The summed E-state index contributed by atoms with van der Waals surface area (Å²) in [6, 6.07) is 6.28. The molecule has 2 rings (SSSR count). The number of aliphatic hydroxyl groups excluding tert-OH is 2. The van der Waals surface area contributed by atoms with E-state index in [0.717, 1.165) is 18.4 Å². The highest BCUT2D eigenvalue weighted by atomic mass is 32.2. The van der Waals surface area contributed by atoms with Crippen LogP contribution in [0.5, 0.6) is 0 Å². The monoisotopic (exact) mass is 488 g/mol. The lowest BCUT2D eigenvalue weighted by molar-refractivity contribution is -0.332. The quantitative estimate of drug-likeness (QED) is 0.431. The van der Waals surface area contributed by atoms with Crippen molar-refractivity contribution in [1.29, 1.82) is 0 Å². The van der Waals surface area contributed by atoms with E-state index in [1.165, 1.54) is 12.1 Å². The summed E-state index contributed by atoms with van der Waals surface area (Å²) in [5.74, 6) is 0. The maximum atomic E-state index is 12.6. The van der Waals surface area contributed by atoms with Crippen molar-refractivity contribution in [2.45, 2.75) is 115 Å². The van der Waals surface area contributed by atoms with Crippen molar-refractivity contribution in [2.75, 3.05) is 6.61 Å². The Labute approximate surface area is 198 Å². The van der Waals surface area contributed by atoms with Gasteiger partial charge in [-0.1, -0.05) is 44.9 Å². The lowest BCUT2D eigenvalue weighted by atomic mass is 9.97. The van der Waals surface area contributed by atoms with Crippen molar-refractivity contribution >= 4 is 10.1 Å². The Morgan fingerprint density at radius 3 is 2.21 bits per heavy atom. The molecule has 0 bridgehead atoms. The van der Waals surface area contributed by atoms with Crippen LogP contribution in [-0.2, 0) is 28.5 Å². The standard InChI is InChI=1S/C24H40O8S/c1-7-14-24(5,6)32-23-21(26)22(30-17(8-2)9-3)20(25)19(31-23)15-29-33(27,28)18-12-10-16(4)11-13-18/h10-13,17,19-23,25-26H,7-9,14-15H2,1-6H3/t19?,20-,21?,22?,23-/m1/s1. The van der Waals surface area contributed by atoms with E-state index in [4.69, 9.17) is 18.4 Å². The molecule has 1 aliphatic rings. The molecule has 190 valence electrons. The molecule has 1 fully saturated rings. The van der Waals surface area contributed by atoms with Gasteiger partial charge in [0.25, 0.3) is 10.1 Å². The fourth-order valence-corrected chi connectivity index (χ4v) is 4.83. The van der Waals surface area contributed by atoms with E-state index in [0.29, 0.717) is 12.8 Å². The van der Waals surface area contributed by atoms with Crippen molar-refractivity contribution in [3.05, 3.63) is 29.8 Å². The van der Waals surface area contributed by atoms with Gasteiger partial charge >= 0.3 is 0 Å². The van der Waals surface area contributed by atoms with Crippen molar-refractivity contribution < 1.29 is 37.0 Å². The van der Waals surface area contributed by atoms with E-state index in [-0.39, 0.29) is 11.0 Å². The van der Waals surface area contributed by atoms with Crippen LogP contribution in [0.25, 0.3) is 0 Å². The smallest absolute Gasteiger partial charge is 0.297 e. The Morgan fingerprint density at radius 1 is 1.06 bits per heavy atom. The van der Waals surface area contributed by atoms with Gasteiger partial charge in [-0.2, -0.15) is 8.42 Å². The molecule has 3 unspecified atom stereocenters. The van der Waals surface area contributed by atoms with Gasteiger partial charge in [0.1, 0.15) is 24.4 Å². The van der Waals surface area contributed by atoms with Gasteiger partial charge < -0.3 is 24.4 Å². The average molecular weight is 489 g/mol. The van der Waals surface area contributed by atoms with Gasteiger partial charge in [-0.25, -0.2) is 0 Å². The second kappa shape index (κ2) is 12.1. The zero-order chi connectivity index (χ0) is 24.8. The molecule has 0 spiro atoms. The van der Waals surface area contributed by atoms with Crippen LogP contribution in [0, 0.1) is 6.92 Å². The van der Waals surface area contributed by atoms with Gasteiger partial charge in [0.15, 0.2) is 6.29 Å². The topological polar surface area (TPSA) is 112 Å². The summed E-state index contributed by atoms with van der Waals surface area (Å²) < 4.78 is 48.4. The average Bonchev–Trinajstić information content (AvgIpc) is 2.75. The Balaban J connectivity index is 2.22. The number of benzene rings is 1. The molecule has 1 aliphatic heterocycles. The summed E-state index contributed by atoms with van der Waals surface area (Å²) in [6.07, 6.45) is -2.94. The highest BCUT2D eigenvalue weighted by Crippen LogP contribution is 2.31. The SMILES string of the molecule is CCCC(C)(C)O[C@H]1OC(COS(=O)(=O)c2ccc(C)cc2)[C@@H](O)C(OC(CC)CC)C1O. The van der Waals surface area contributed by atoms with E-state index in [2.05, 4.69) is 0 Å². The molecular weight excluding hydrogens is 448 g/mol. The Morgan fingerprint density at radius 2 is 1.67 bits per heavy atom. The fourth-order valence-electron chi connectivity index (χ4n) is 3.91. The van der Waals surface area contributed by atoms with Crippen LogP contribution >= 0.6 is 0 Å². The third-order valence-electron chi connectivity index (χ3n) is 5.89. The van der Waals surface area contributed by atoms with Crippen molar-refractivity contribution in [3.63, 3.8) is 0 Å². The summed E-state index contributed by atoms with van der Waals surface area (Å²) in [7, 11) is -4.06. The van der Waals surface area contributed by atoms with Gasteiger partial charge in [-0.15, -0.1) is 0 Å². The van der Waals surface area contributed by atoms with E-state index in [1.54, 1.807) is 12.1 Å². The van der Waals surface area contributed by atoms with Crippen LogP contribution in [0.2, 0.25) is 0 Å². The zero-order valence-corrected chi connectivity index (χ0v) is 21.4. The second-order valence-electron chi connectivity index (χ2n) is 9.24. The number of aliphatic hydroxyl groups is 2. The van der Waals surface area contributed by atoms with Gasteiger partial charge in [-0.05, 0) is 52.2 Å². The summed E-state index contributed by atoms with van der Waals surface area (Å²) >= 11 is 0. The molecule has 0 aliphatic carbocycles. The number of hydrogen-bond acceptors (Lipinski definition) is 8. The first-order valence-electron chi connectivity index (χ1n) is 11.7. The molecule has 9 heteroatoms. The van der Waals surface area contributed by atoms with Crippen LogP contribution in [0.15, 0.2) is 29.2 Å². The number of aryl methyl sites for hydroxylation is 1. The molecule has 0 saturated carbocycles. The van der Waals surface area contributed by atoms with Crippen molar-refractivity contribution in [1.82, 2.24) is 0 Å². The molecule has 0 aromatic heterocycles. The van der Waals surface area contributed by atoms with Crippen LogP contribution in [0.3, 0.4) is 0 Å². The van der Waals surface area contributed by atoms with Gasteiger partial charge in [0.05, 0.1) is 23.2 Å². The van der Waals surface area contributed by atoms with Crippen LogP contribution in [0.4, 0.5) is 0 Å². The molecule has 1 saturated heterocycles. The first kappa shape index (κ1) is 28.2. The maximum Gasteiger partial charge on any atom is 0.297 e. The summed E-state index contributed by atoms with van der Waals surface area (Å²) in [5.41, 5.74) is 0.326. The van der Waals surface area contributed by atoms with Crippen molar-refractivity contribution in [3.8, 4) is 0 Å². The number of ether oxygens (including phenoxy) is 3. The molecule has 5 atom stereocenters. The molecular formula is C24H40O8S. The zero-order valence-electron chi connectivity index (χ0n) is 20.6. The molecule has 1 heterocycles. The summed E-state index contributed by atoms with van der Waals surface area (Å²) in [4.78, 5) is 0.0140. The third-order valence-corrected chi connectivity index (χ3v) is 7.18. The normalized spacial score (nSPS) is 26.6. The molecule has 1 aromatic rings. The lowest BCUT2D eigenvalue weighted by Gasteiger charge is -2.45. The Bertz CT molecular complexity index is 819. The Kier molecular flexibility index (Phi) is 10.3. The Hall–Kier alpha value is -1.07. The first-order chi connectivity index (χ1) is 15.4. The summed E-state index contributed by atoms with van der Waals surface area (Å²) in [6.45, 7) is 11.1. The highest BCUT2D eigenvalue weighted by molar-refractivity contribution is 7.86. The summed E-state index contributed by atoms with van der Waals surface area (Å²) in [5, 5.41) is 21.8. The van der Waals surface area contributed by atoms with Crippen molar-refractivity contribution in [2.24, 2.45) is 0 Å². The van der Waals surface area contributed by atoms with Crippen LogP contribution < -0.4 is 0 Å². The van der Waals surface area contributed by atoms with Gasteiger partial charge in [0.2, 0.25) is 0 Å². The maximum absolute atomic E-state index is 12.6. The minimum Gasteiger partial charge on any atom is -0.387 e. The van der Waals surface area contributed by atoms with E-state index in [1.807, 2.05) is 41.5 Å². The predicted molar refractivity (Wildman–Crippen MR) is 124 cm³/mol. The number of hydrogen-bond donors (Lipinski definition) is 2. The second-order valence-corrected chi connectivity index (χ2v) is 10.9. The molecule has 1 aromatic carbocycles. The highest BCUT2D eigenvalue weighted by Gasteiger charge is 2.48. The molecule has 0 radical (unpaired) electrons. The molecule has 0 amide bonds. The minimum atomic E-state index is -4.06. The van der Waals surface area contributed by atoms with E-state index >= 15 is 0 Å². The largest absolute Gasteiger partial charge is 0.387 e. The van der Waals surface area contributed by atoms with E-state index < -0.39 is 53.0 Å².